The van der Waals surface area contributed by atoms with Gasteiger partial charge in [0, 0.05) is 32.7 Å². The van der Waals surface area contributed by atoms with Crippen LogP contribution in [0, 0.1) is 3.57 Å². The largest absolute Gasteiger partial charge is 0.293 e. The van der Waals surface area contributed by atoms with Crippen molar-refractivity contribution in [2.24, 2.45) is 0 Å². The molecule has 0 saturated carbocycles. The molecule has 0 spiro atoms. The van der Waals surface area contributed by atoms with E-state index in [0.717, 1.165) is 17.9 Å². The molecule has 1 aliphatic rings. The van der Waals surface area contributed by atoms with Crippen molar-refractivity contribution >= 4 is 40.1 Å². The number of Topliss-reactive ketones (excluding diaryl/α,β-unsaturated/α-hetero) is 1. The van der Waals surface area contributed by atoms with E-state index in [1.54, 1.807) is 0 Å². The van der Waals surface area contributed by atoms with Gasteiger partial charge in [0.25, 0.3) is 0 Å². The summed E-state index contributed by atoms with van der Waals surface area (Å²) < 4.78 is 1.17. The quantitative estimate of drug-likeness (QED) is 0.597. The lowest BCUT2D eigenvalue weighted by molar-refractivity contribution is 0.0902. The van der Waals surface area contributed by atoms with Gasteiger partial charge in [-0.1, -0.05) is 19.1 Å². The van der Waals surface area contributed by atoms with E-state index in [4.69, 9.17) is 0 Å². The van der Waals surface area contributed by atoms with E-state index in [0.29, 0.717) is 17.8 Å². The number of halogens is 1. The molecule has 2 nitrogen and oxygen atoms in total. The molecule has 2 unspecified atom stereocenters. The summed E-state index contributed by atoms with van der Waals surface area (Å²) in [5.41, 5.74) is 0.827. The lowest BCUT2D eigenvalue weighted by Crippen LogP contribution is -2.46. The Balaban J connectivity index is 2.00. The Morgan fingerprint density at radius 3 is 2.72 bits per heavy atom. The molecule has 2 atom stereocenters. The van der Waals surface area contributed by atoms with Crippen molar-refractivity contribution in [2.75, 3.05) is 18.8 Å². The Hall–Kier alpha value is -0.0700. The van der Waals surface area contributed by atoms with E-state index in [1.165, 1.54) is 3.57 Å². The van der Waals surface area contributed by atoms with Crippen molar-refractivity contribution in [3.8, 4) is 0 Å². The van der Waals surface area contributed by atoms with Crippen LogP contribution in [0.4, 0.5) is 0 Å². The molecule has 98 valence electrons. The first kappa shape index (κ1) is 14.3. The van der Waals surface area contributed by atoms with Crippen molar-refractivity contribution in [3.63, 3.8) is 0 Å². The summed E-state index contributed by atoms with van der Waals surface area (Å²) in [5.74, 6) is 1.36. The third-order valence-corrected chi connectivity index (χ3v) is 5.58. The maximum absolute atomic E-state index is 12.2. The van der Waals surface area contributed by atoms with Crippen LogP contribution in [0.3, 0.4) is 0 Å². The molecule has 1 heterocycles. The fraction of sp³-hybridized carbons (Fsp3) is 0.500. The van der Waals surface area contributed by atoms with Gasteiger partial charge in [-0.05, 0) is 41.6 Å². The van der Waals surface area contributed by atoms with Gasteiger partial charge >= 0.3 is 0 Å². The van der Waals surface area contributed by atoms with Crippen LogP contribution < -0.4 is 0 Å². The maximum Gasteiger partial charge on any atom is 0.176 e. The Labute approximate surface area is 127 Å². The van der Waals surface area contributed by atoms with Gasteiger partial charge in [0.15, 0.2) is 5.78 Å². The van der Waals surface area contributed by atoms with Gasteiger partial charge in [-0.15, -0.1) is 0 Å². The molecule has 0 amide bonds. The second-order valence-corrected chi connectivity index (χ2v) is 7.45. The van der Waals surface area contributed by atoms with Gasteiger partial charge in [0.1, 0.15) is 0 Å². The molecule has 4 heteroatoms. The highest BCUT2D eigenvalue weighted by Crippen LogP contribution is 2.24. The SMILES string of the molecule is CC1SCCN(CC(=O)c2ccc(I)cc2)C1C. The van der Waals surface area contributed by atoms with E-state index >= 15 is 0 Å². The van der Waals surface area contributed by atoms with Crippen LogP contribution in [0.2, 0.25) is 0 Å². The van der Waals surface area contributed by atoms with E-state index < -0.39 is 0 Å². The van der Waals surface area contributed by atoms with Crippen LogP contribution in [0.1, 0.15) is 24.2 Å². The van der Waals surface area contributed by atoms with Gasteiger partial charge in [-0.3, -0.25) is 9.69 Å². The molecule has 2 rings (SSSR count). The number of ketones is 1. The number of carbonyl (C=O) groups excluding carboxylic acids is 1. The van der Waals surface area contributed by atoms with Crippen molar-refractivity contribution in [1.29, 1.82) is 0 Å². The van der Waals surface area contributed by atoms with Crippen LogP contribution in [0.5, 0.6) is 0 Å². The summed E-state index contributed by atoms with van der Waals surface area (Å²) >= 11 is 4.26. The first-order valence-corrected chi connectivity index (χ1v) is 8.35. The molecule has 1 saturated heterocycles. The second-order valence-electron chi connectivity index (χ2n) is 4.72. The average Bonchev–Trinajstić information content (AvgIpc) is 2.36. The minimum absolute atomic E-state index is 0.234. The Kier molecular flexibility index (Phi) is 5.09. The highest BCUT2D eigenvalue weighted by atomic mass is 127. The summed E-state index contributed by atoms with van der Waals surface area (Å²) in [4.78, 5) is 14.5. The lowest BCUT2D eigenvalue weighted by atomic mass is 10.1. The van der Waals surface area contributed by atoms with E-state index in [1.807, 2.05) is 36.0 Å². The summed E-state index contributed by atoms with van der Waals surface area (Å²) in [5, 5.41) is 0.614. The minimum Gasteiger partial charge on any atom is -0.293 e. The average molecular weight is 375 g/mol. The summed E-state index contributed by atoms with van der Waals surface area (Å²) in [6.07, 6.45) is 0. The van der Waals surface area contributed by atoms with Gasteiger partial charge in [0.05, 0.1) is 6.54 Å². The van der Waals surface area contributed by atoms with Gasteiger partial charge in [0.2, 0.25) is 0 Å². The third-order valence-electron chi connectivity index (χ3n) is 3.53. The van der Waals surface area contributed by atoms with Crippen molar-refractivity contribution < 1.29 is 4.79 Å². The van der Waals surface area contributed by atoms with Gasteiger partial charge < -0.3 is 0 Å². The monoisotopic (exact) mass is 375 g/mol. The zero-order valence-corrected chi connectivity index (χ0v) is 13.7. The number of benzene rings is 1. The van der Waals surface area contributed by atoms with Crippen molar-refractivity contribution in [3.05, 3.63) is 33.4 Å². The van der Waals surface area contributed by atoms with Gasteiger partial charge in [-0.25, -0.2) is 0 Å². The first-order valence-electron chi connectivity index (χ1n) is 6.22. The third kappa shape index (κ3) is 3.48. The number of thioether (sulfide) groups is 1. The van der Waals surface area contributed by atoms with Crippen molar-refractivity contribution in [2.45, 2.75) is 25.1 Å². The van der Waals surface area contributed by atoms with Crippen molar-refractivity contribution in [1.82, 2.24) is 4.90 Å². The summed E-state index contributed by atoms with van der Waals surface area (Å²) in [6.45, 7) is 6.04. The zero-order valence-electron chi connectivity index (χ0n) is 10.7. The highest BCUT2D eigenvalue weighted by Gasteiger charge is 2.26. The smallest absolute Gasteiger partial charge is 0.176 e. The molecule has 0 bridgehead atoms. The van der Waals surface area contributed by atoms with Gasteiger partial charge in [-0.2, -0.15) is 11.8 Å². The number of hydrogen-bond acceptors (Lipinski definition) is 3. The van der Waals surface area contributed by atoms with E-state index in [-0.39, 0.29) is 5.78 Å². The summed E-state index contributed by atoms with van der Waals surface area (Å²) in [6, 6.07) is 8.32. The van der Waals surface area contributed by atoms with E-state index in [9.17, 15) is 4.79 Å². The topological polar surface area (TPSA) is 20.3 Å². The van der Waals surface area contributed by atoms with E-state index in [2.05, 4.69) is 41.3 Å². The number of carbonyl (C=O) groups is 1. The Bertz CT molecular complexity index is 420. The highest BCUT2D eigenvalue weighted by molar-refractivity contribution is 14.1. The molecule has 1 aromatic carbocycles. The maximum atomic E-state index is 12.2. The van der Waals surface area contributed by atoms with Crippen LogP contribution in [0.15, 0.2) is 24.3 Å². The predicted octanol–water partition coefficient (Wildman–Crippen LogP) is 3.30. The molecular weight excluding hydrogens is 357 g/mol. The number of hydrogen-bond donors (Lipinski definition) is 0. The molecule has 0 radical (unpaired) electrons. The fourth-order valence-electron chi connectivity index (χ4n) is 2.13. The Morgan fingerprint density at radius 1 is 1.39 bits per heavy atom. The molecule has 0 aliphatic carbocycles. The zero-order chi connectivity index (χ0) is 13.1. The van der Waals surface area contributed by atoms with Crippen LogP contribution in [-0.4, -0.2) is 40.8 Å². The summed E-state index contributed by atoms with van der Waals surface area (Å²) in [7, 11) is 0. The minimum atomic E-state index is 0.234. The normalized spacial score (nSPS) is 25.1. The molecule has 1 aromatic rings. The Morgan fingerprint density at radius 2 is 2.06 bits per heavy atom. The molecule has 18 heavy (non-hydrogen) atoms. The fourth-order valence-corrected chi connectivity index (χ4v) is 3.65. The molecule has 0 aromatic heterocycles. The number of rotatable bonds is 3. The first-order chi connectivity index (χ1) is 8.58. The lowest BCUT2D eigenvalue weighted by Gasteiger charge is -2.36. The van der Waals surface area contributed by atoms with Crippen LogP contribution in [0.25, 0.3) is 0 Å². The second kappa shape index (κ2) is 6.39. The molecule has 1 fully saturated rings. The number of nitrogens with zero attached hydrogens (tertiary/aromatic N) is 1. The molecule has 1 aliphatic heterocycles. The standard InChI is InChI=1S/C14H18INOS/c1-10-11(2)18-8-7-16(10)9-14(17)12-3-5-13(15)6-4-12/h3-6,10-11H,7-9H2,1-2H3. The molecular formula is C14H18INOS. The van der Waals surface area contributed by atoms with Crippen LogP contribution in [-0.2, 0) is 0 Å². The molecule has 0 N–H and O–H groups in total. The van der Waals surface area contributed by atoms with Crippen LogP contribution >= 0.6 is 34.4 Å². The predicted molar refractivity (Wildman–Crippen MR) is 86.4 cm³/mol.